The topological polar surface area (TPSA) is 27.0 Å². The van der Waals surface area contributed by atoms with Crippen LogP contribution >= 0.6 is 27.3 Å². The monoisotopic (exact) mass is 298 g/mol. The molecule has 1 aromatic heterocycles. The van der Waals surface area contributed by atoms with E-state index in [4.69, 9.17) is 0 Å². The van der Waals surface area contributed by atoms with Crippen LogP contribution in [0.1, 0.15) is 36.6 Å². The van der Waals surface area contributed by atoms with Crippen molar-refractivity contribution in [3.8, 4) is 6.07 Å². The van der Waals surface area contributed by atoms with Gasteiger partial charge in [-0.15, -0.1) is 11.3 Å². The fourth-order valence-electron chi connectivity index (χ4n) is 2.15. The molecule has 1 aliphatic heterocycles. The van der Waals surface area contributed by atoms with Crippen LogP contribution in [-0.4, -0.2) is 18.0 Å². The van der Waals surface area contributed by atoms with Crippen molar-refractivity contribution in [2.75, 3.05) is 13.1 Å². The minimum atomic E-state index is -0.0469. The Labute approximate surface area is 109 Å². The van der Waals surface area contributed by atoms with Crippen LogP contribution < -0.4 is 0 Å². The van der Waals surface area contributed by atoms with Gasteiger partial charge in [0.2, 0.25) is 0 Å². The summed E-state index contributed by atoms with van der Waals surface area (Å²) in [6, 6.07) is 6.49. The van der Waals surface area contributed by atoms with Gasteiger partial charge in [0.1, 0.15) is 6.04 Å². The van der Waals surface area contributed by atoms with Crippen molar-refractivity contribution in [1.82, 2.24) is 4.90 Å². The van der Waals surface area contributed by atoms with E-state index < -0.39 is 0 Å². The molecule has 1 aromatic rings. The summed E-state index contributed by atoms with van der Waals surface area (Å²) < 4.78 is 1.11. The molecule has 2 heterocycles. The maximum atomic E-state index is 9.33. The number of nitriles is 1. The van der Waals surface area contributed by atoms with E-state index in [2.05, 4.69) is 33.0 Å². The maximum Gasteiger partial charge on any atom is 0.133 e. The molecule has 1 saturated heterocycles. The van der Waals surface area contributed by atoms with Crippen molar-refractivity contribution < 1.29 is 0 Å². The Hall–Kier alpha value is -0.370. The van der Waals surface area contributed by atoms with Crippen LogP contribution in [0.3, 0.4) is 0 Å². The minimum Gasteiger partial charge on any atom is -0.284 e. The molecular weight excluding hydrogens is 284 g/mol. The molecule has 0 bridgehead atoms. The van der Waals surface area contributed by atoms with Gasteiger partial charge in [-0.05, 0) is 54.0 Å². The molecule has 86 valence electrons. The first kappa shape index (κ1) is 12.1. The fraction of sp³-hybridized carbons (Fsp3) is 0.583. The molecule has 0 aliphatic carbocycles. The third-order valence-electron chi connectivity index (χ3n) is 2.99. The number of hydrogen-bond acceptors (Lipinski definition) is 3. The standard InChI is InChI=1S/C12H15BrN2S/c13-12-6-5-11(16-12)10(9-14)15-7-3-1-2-4-8-15/h5-6,10H,1-4,7-8H2. The first-order valence-electron chi connectivity index (χ1n) is 5.70. The number of likely N-dealkylation sites (tertiary alicyclic amines) is 1. The van der Waals surface area contributed by atoms with Gasteiger partial charge in [0, 0.05) is 4.88 Å². The molecule has 4 heteroatoms. The van der Waals surface area contributed by atoms with E-state index in [0.717, 1.165) is 21.8 Å². The van der Waals surface area contributed by atoms with Crippen LogP contribution in [-0.2, 0) is 0 Å². The van der Waals surface area contributed by atoms with Crippen molar-refractivity contribution in [3.63, 3.8) is 0 Å². The van der Waals surface area contributed by atoms with E-state index in [9.17, 15) is 5.26 Å². The van der Waals surface area contributed by atoms with E-state index in [-0.39, 0.29) is 6.04 Å². The highest BCUT2D eigenvalue weighted by molar-refractivity contribution is 9.11. The summed E-state index contributed by atoms with van der Waals surface area (Å²) in [5.74, 6) is 0. The lowest BCUT2D eigenvalue weighted by Crippen LogP contribution is -2.28. The second-order valence-electron chi connectivity index (χ2n) is 4.12. The molecule has 1 aliphatic rings. The van der Waals surface area contributed by atoms with Crippen LogP contribution in [0.2, 0.25) is 0 Å². The third-order valence-corrected chi connectivity index (χ3v) is 4.67. The van der Waals surface area contributed by atoms with Gasteiger partial charge in [-0.25, -0.2) is 0 Å². The Morgan fingerprint density at radius 2 is 1.94 bits per heavy atom. The summed E-state index contributed by atoms with van der Waals surface area (Å²) in [6.45, 7) is 2.13. The SMILES string of the molecule is N#CC(c1ccc(Br)s1)N1CCCCCC1. The minimum absolute atomic E-state index is 0.0469. The molecule has 0 aromatic carbocycles. The lowest BCUT2D eigenvalue weighted by molar-refractivity contribution is 0.248. The summed E-state index contributed by atoms with van der Waals surface area (Å²) in [5, 5.41) is 9.33. The molecule has 2 rings (SSSR count). The smallest absolute Gasteiger partial charge is 0.133 e. The Morgan fingerprint density at radius 3 is 2.44 bits per heavy atom. The number of rotatable bonds is 2. The van der Waals surface area contributed by atoms with Crippen molar-refractivity contribution in [2.24, 2.45) is 0 Å². The van der Waals surface area contributed by atoms with E-state index in [1.165, 1.54) is 25.7 Å². The summed E-state index contributed by atoms with van der Waals surface area (Å²) in [6.07, 6.45) is 5.07. The quantitative estimate of drug-likeness (QED) is 0.826. The third kappa shape index (κ3) is 2.85. The highest BCUT2D eigenvalue weighted by Crippen LogP contribution is 2.31. The molecule has 0 spiro atoms. The van der Waals surface area contributed by atoms with Crippen LogP contribution in [0.15, 0.2) is 15.9 Å². The van der Waals surface area contributed by atoms with E-state index in [0.29, 0.717) is 0 Å². The highest BCUT2D eigenvalue weighted by atomic mass is 79.9. The lowest BCUT2D eigenvalue weighted by atomic mass is 10.2. The fourth-order valence-corrected chi connectivity index (χ4v) is 3.66. The Morgan fingerprint density at radius 1 is 1.25 bits per heavy atom. The average Bonchev–Trinajstić information content (AvgIpc) is 2.55. The van der Waals surface area contributed by atoms with Crippen LogP contribution in [0, 0.1) is 11.3 Å². The van der Waals surface area contributed by atoms with Crippen molar-refractivity contribution in [2.45, 2.75) is 31.7 Å². The molecule has 0 amide bonds. The molecule has 2 nitrogen and oxygen atoms in total. The van der Waals surface area contributed by atoms with Gasteiger partial charge in [-0.3, -0.25) is 4.90 Å². The van der Waals surface area contributed by atoms with Crippen LogP contribution in [0.5, 0.6) is 0 Å². The number of halogens is 1. The summed E-state index contributed by atoms with van der Waals surface area (Å²) in [5.41, 5.74) is 0. The maximum absolute atomic E-state index is 9.33. The van der Waals surface area contributed by atoms with E-state index in [1.807, 2.05) is 6.07 Å². The highest BCUT2D eigenvalue weighted by Gasteiger charge is 2.22. The molecular formula is C12H15BrN2S. The second kappa shape index (κ2) is 5.81. The molecule has 1 unspecified atom stereocenters. The molecule has 1 atom stereocenters. The van der Waals surface area contributed by atoms with Crippen molar-refractivity contribution >= 4 is 27.3 Å². The van der Waals surface area contributed by atoms with Gasteiger partial charge in [0.25, 0.3) is 0 Å². The largest absolute Gasteiger partial charge is 0.284 e. The number of hydrogen-bond donors (Lipinski definition) is 0. The Kier molecular flexibility index (Phi) is 4.39. The summed E-state index contributed by atoms with van der Waals surface area (Å²) in [7, 11) is 0. The predicted octanol–water partition coefficient (Wildman–Crippen LogP) is 3.95. The van der Waals surface area contributed by atoms with Gasteiger partial charge in [0.05, 0.1) is 9.86 Å². The van der Waals surface area contributed by atoms with Gasteiger partial charge < -0.3 is 0 Å². The first-order valence-corrected chi connectivity index (χ1v) is 7.31. The molecule has 0 radical (unpaired) electrons. The summed E-state index contributed by atoms with van der Waals surface area (Å²) >= 11 is 5.13. The van der Waals surface area contributed by atoms with E-state index in [1.54, 1.807) is 11.3 Å². The van der Waals surface area contributed by atoms with Gasteiger partial charge in [0.15, 0.2) is 0 Å². The Balaban J connectivity index is 2.12. The van der Waals surface area contributed by atoms with Gasteiger partial charge in [-0.2, -0.15) is 5.26 Å². The normalized spacial score (nSPS) is 20.0. The summed E-state index contributed by atoms with van der Waals surface area (Å²) in [4.78, 5) is 3.49. The van der Waals surface area contributed by atoms with Crippen molar-refractivity contribution in [1.29, 1.82) is 5.26 Å². The molecule has 0 N–H and O–H groups in total. The first-order chi connectivity index (χ1) is 7.81. The van der Waals surface area contributed by atoms with Crippen LogP contribution in [0.25, 0.3) is 0 Å². The van der Waals surface area contributed by atoms with E-state index >= 15 is 0 Å². The zero-order valence-electron chi connectivity index (χ0n) is 9.16. The second-order valence-corrected chi connectivity index (χ2v) is 6.62. The predicted molar refractivity (Wildman–Crippen MR) is 70.4 cm³/mol. The van der Waals surface area contributed by atoms with Gasteiger partial charge in [-0.1, -0.05) is 12.8 Å². The van der Waals surface area contributed by atoms with Crippen LogP contribution in [0.4, 0.5) is 0 Å². The van der Waals surface area contributed by atoms with Crippen molar-refractivity contribution in [3.05, 3.63) is 20.8 Å². The van der Waals surface area contributed by atoms with Gasteiger partial charge >= 0.3 is 0 Å². The lowest BCUT2D eigenvalue weighted by Gasteiger charge is -2.24. The number of thiophene rings is 1. The average molecular weight is 299 g/mol. The molecule has 0 saturated carbocycles. The molecule has 1 fully saturated rings. The Bertz CT molecular complexity index is 375. The zero-order valence-corrected chi connectivity index (χ0v) is 11.6. The number of nitrogens with zero attached hydrogens (tertiary/aromatic N) is 2. The zero-order chi connectivity index (χ0) is 11.4. The molecule has 16 heavy (non-hydrogen) atoms.